The maximum Gasteiger partial charge on any atom is 0.261 e. The standard InChI is InChI=1S/C18H16N2OS/c1-13-10-16(22-17(13)15-7-3-2-4-8-15)18(21)20-12-14-6-5-9-19-11-14/h2-11H,12H2,1H3,(H,20,21). The van der Waals surface area contributed by atoms with Gasteiger partial charge in [-0.2, -0.15) is 0 Å². The minimum atomic E-state index is -0.0425. The van der Waals surface area contributed by atoms with E-state index in [2.05, 4.69) is 22.4 Å². The van der Waals surface area contributed by atoms with Crippen LogP contribution in [-0.2, 0) is 6.54 Å². The number of amides is 1. The number of hydrogen-bond acceptors (Lipinski definition) is 3. The molecule has 0 unspecified atom stereocenters. The minimum Gasteiger partial charge on any atom is -0.347 e. The van der Waals surface area contributed by atoms with Crippen LogP contribution >= 0.6 is 11.3 Å². The van der Waals surface area contributed by atoms with Crippen LogP contribution in [0, 0.1) is 6.92 Å². The Morgan fingerprint density at radius 1 is 1.18 bits per heavy atom. The average molecular weight is 308 g/mol. The van der Waals surface area contributed by atoms with Crippen molar-refractivity contribution < 1.29 is 4.79 Å². The van der Waals surface area contributed by atoms with Crippen molar-refractivity contribution >= 4 is 17.2 Å². The molecule has 0 atom stereocenters. The molecule has 2 aromatic heterocycles. The van der Waals surface area contributed by atoms with Gasteiger partial charge in [-0.1, -0.05) is 36.4 Å². The first-order valence-electron chi connectivity index (χ1n) is 7.07. The second kappa shape index (κ2) is 6.54. The summed E-state index contributed by atoms with van der Waals surface area (Å²) in [6, 6.07) is 15.9. The molecule has 0 aliphatic rings. The van der Waals surface area contributed by atoms with Gasteiger partial charge >= 0.3 is 0 Å². The quantitative estimate of drug-likeness (QED) is 0.790. The lowest BCUT2D eigenvalue weighted by Gasteiger charge is -2.02. The number of aryl methyl sites for hydroxylation is 1. The Morgan fingerprint density at radius 2 is 2.00 bits per heavy atom. The second-order valence-corrected chi connectivity index (χ2v) is 6.08. The number of pyridine rings is 1. The van der Waals surface area contributed by atoms with Crippen molar-refractivity contribution in [3.05, 3.63) is 76.9 Å². The first-order valence-corrected chi connectivity index (χ1v) is 7.88. The number of nitrogens with one attached hydrogen (secondary N) is 1. The molecule has 3 nitrogen and oxygen atoms in total. The van der Waals surface area contributed by atoms with Gasteiger partial charge in [0, 0.05) is 23.8 Å². The second-order valence-electron chi connectivity index (χ2n) is 5.03. The third kappa shape index (κ3) is 3.23. The summed E-state index contributed by atoms with van der Waals surface area (Å²) < 4.78 is 0. The van der Waals surface area contributed by atoms with Crippen LogP contribution in [-0.4, -0.2) is 10.9 Å². The van der Waals surface area contributed by atoms with Gasteiger partial charge in [0.25, 0.3) is 5.91 Å². The third-order valence-corrected chi connectivity index (χ3v) is 4.64. The number of aromatic nitrogens is 1. The van der Waals surface area contributed by atoms with Gasteiger partial charge in [0.15, 0.2) is 0 Å². The molecule has 0 spiro atoms. The maximum absolute atomic E-state index is 12.3. The van der Waals surface area contributed by atoms with Crippen molar-refractivity contribution in [2.45, 2.75) is 13.5 Å². The lowest BCUT2D eigenvalue weighted by molar-refractivity contribution is 0.0955. The lowest BCUT2D eigenvalue weighted by Crippen LogP contribution is -2.21. The molecule has 0 saturated heterocycles. The van der Waals surface area contributed by atoms with E-state index in [-0.39, 0.29) is 5.91 Å². The highest BCUT2D eigenvalue weighted by molar-refractivity contribution is 7.17. The Hall–Kier alpha value is -2.46. The normalized spacial score (nSPS) is 10.4. The van der Waals surface area contributed by atoms with Crippen LogP contribution in [0.15, 0.2) is 60.9 Å². The Balaban J connectivity index is 1.74. The van der Waals surface area contributed by atoms with Gasteiger partial charge in [-0.15, -0.1) is 11.3 Å². The molecular formula is C18H16N2OS. The van der Waals surface area contributed by atoms with E-state index >= 15 is 0 Å². The Bertz CT molecular complexity index is 766. The molecule has 1 aromatic carbocycles. The van der Waals surface area contributed by atoms with Gasteiger partial charge in [-0.05, 0) is 35.7 Å². The van der Waals surface area contributed by atoms with Crippen LogP contribution in [0.25, 0.3) is 10.4 Å². The fourth-order valence-corrected chi connectivity index (χ4v) is 3.34. The molecule has 0 aliphatic heterocycles. The average Bonchev–Trinajstić information content (AvgIpc) is 2.96. The maximum atomic E-state index is 12.3. The number of carbonyl (C=O) groups excluding carboxylic acids is 1. The van der Waals surface area contributed by atoms with E-state index in [4.69, 9.17) is 0 Å². The third-order valence-electron chi connectivity index (χ3n) is 3.35. The van der Waals surface area contributed by atoms with E-state index in [1.165, 1.54) is 11.3 Å². The van der Waals surface area contributed by atoms with Gasteiger partial charge in [-0.25, -0.2) is 0 Å². The van der Waals surface area contributed by atoms with Crippen molar-refractivity contribution in [1.29, 1.82) is 0 Å². The van der Waals surface area contributed by atoms with E-state index < -0.39 is 0 Å². The van der Waals surface area contributed by atoms with Crippen molar-refractivity contribution in [2.75, 3.05) is 0 Å². The molecule has 0 saturated carbocycles. The number of nitrogens with zero attached hydrogens (tertiary/aromatic N) is 1. The fourth-order valence-electron chi connectivity index (χ4n) is 2.24. The highest BCUT2D eigenvalue weighted by atomic mass is 32.1. The molecule has 0 bridgehead atoms. The summed E-state index contributed by atoms with van der Waals surface area (Å²) in [5, 5.41) is 2.94. The summed E-state index contributed by atoms with van der Waals surface area (Å²) in [5.74, 6) is -0.0425. The molecule has 4 heteroatoms. The Labute approximate surface area is 133 Å². The lowest BCUT2D eigenvalue weighted by atomic mass is 10.1. The van der Waals surface area contributed by atoms with Crippen molar-refractivity contribution in [3.63, 3.8) is 0 Å². The van der Waals surface area contributed by atoms with Gasteiger partial charge in [0.2, 0.25) is 0 Å². The molecule has 0 radical (unpaired) electrons. The van der Waals surface area contributed by atoms with Crippen LogP contribution in [0.3, 0.4) is 0 Å². The Morgan fingerprint density at radius 3 is 2.73 bits per heavy atom. The summed E-state index contributed by atoms with van der Waals surface area (Å²) in [7, 11) is 0. The molecule has 1 N–H and O–H groups in total. The summed E-state index contributed by atoms with van der Waals surface area (Å²) in [4.78, 5) is 18.2. The summed E-state index contributed by atoms with van der Waals surface area (Å²) >= 11 is 1.53. The number of rotatable bonds is 4. The number of benzene rings is 1. The minimum absolute atomic E-state index is 0.0425. The van der Waals surface area contributed by atoms with Crippen LogP contribution in [0.2, 0.25) is 0 Å². The highest BCUT2D eigenvalue weighted by Gasteiger charge is 2.13. The number of hydrogen-bond donors (Lipinski definition) is 1. The summed E-state index contributed by atoms with van der Waals surface area (Å²) in [6.07, 6.45) is 3.48. The van der Waals surface area contributed by atoms with E-state index in [9.17, 15) is 4.79 Å². The molecule has 1 amide bonds. The zero-order valence-corrected chi connectivity index (χ0v) is 13.1. The zero-order chi connectivity index (χ0) is 15.4. The van der Waals surface area contributed by atoms with Crippen molar-refractivity contribution in [1.82, 2.24) is 10.3 Å². The van der Waals surface area contributed by atoms with Crippen molar-refractivity contribution in [3.8, 4) is 10.4 Å². The molecule has 22 heavy (non-hydrogen) atoms. The molecular weight excluding hydrogens is 292 g/mol. The largest absolute Gasteiger partial charge is 0.347 e. The van der Waals surface area contributed by atoms with Crippen LogP contribution in [0.1, 0.15) is 20.8 Å². The number of thiophene rings is 1. The van der Waals surface area contributed by atoms with E-state index in [1.807, 2.05) is 43.3 Å². The van der Waals surface area contributed by atoms with E-state index in [0.717, 1.165) is 26.4 Å². The van der Waals surface area contributed by atoms with E-state index in [0.29, 0.717) is 6.54 Å². The molecule has 2 heterocycles. The van der Waals surface area contributed by atoms with Crippen molar-refractivity contribution in [2.24, 2.45) is 0 Å². The van der Waals surface area contributed by atoms with Gasteiger partial charge in [-0.3, -0.25) is 9.78 Å². The van der Waals surface area contributed by atoms with Gasteiger partial charge < -0.3 is 5.32 Å². The summed E-state index contributed by atoms with van der Waals surface area (Å²) in [5.41, 5.74) is 3.27. The van der Waals surface area contributed by atoms with Gasteiger partial charge in [0.05, 0.1) is 4.88 Å². The molecule has 110 valence electrons. The predicted octanol–water partition coefficient (Wildman–Crippen LogP) is 4.05. The van der Waals surface area contributed by atoms with Gasteiger partial charge in [0.1, 0.15) is 0 Å². The molecule has 0 aliphatic carbocycles. The predicted molar refractivity (Wildman–Crippen MR) is 89.9 cm³/mol. The van der Waals surface area contributed by atoms with Crippen LogP contribution < -0.4 is 5.32 Å². The smallest absolute Gasteiger partial charge is 0.261 e. The molecule has 3 aromatic rings. The first-order chi connectivity index (χ1) is 10.7. The summed E-state index contributed by atoms with van der Waals surface area (Å²) in [6.45, 7) is 2.53. The number of carbonyl (C=O) groups is 1. The highest BCUT2D eigenvalue weighted by Crippen LogP contribution is 2.32. The zero-order valence-electron chi connectivity index (χ0n) is 12.2. The SMILES string of the molecule is Cc1cc(C(=O)NCc2cccnc2)sc1-c1ccccc1. The van der Waals surface area contributed by atoms with Crippen LogP contribution in [0.5, 0.6) is 0 Å². The first kappa shape index (κ1) is 14.5. The topological polar surface area (TPSA) is 42.0 Å². The Kier molecular flexibility index (Phi) is 4.30. The van der Waals surface area contributed by atoms with E-state index in [1.54, 1.807) is 12.4 Å². The van der Waals surface area contributed by atoms with Crippen LogP contribution in [0.4, 0.5) is 0 Å². The molecule has 0 fully saturated rings. The fraction of sp³-hybridized carbons (Fsp3) is 0.111. The molecule has 3 rings (SSSR count). The monoisotopic (exact) mass is 308 g/mol.